The van der Waals surface area contributed by atoms with E-state index in [1.807, 2.05) is 0 Å². The molecule has 2 saturated carbocycles. The smallest absolute Gasteiger partial charge is 0.251 e. The first-order valence-corrected chi connectivity index (χ1v) is 6.50. The highest BCUT2D eigenvalue weighted by Gasteiger charge is 2.42. The van der Waals surface area contributed by atoms with Crippen LogP contribution in [0.2, 0.25) is 0 Å². The zero-order valence-electron chi connectivity index (χ0n) is 10.2. The highest BCUT2D eigenvalue weighted by Crippen LogP contribution is 2.44. The maximum absolute atomic E-state index is 13.2. The van der Waals surface area contributed by atoms with E-state index in [1.54, 1.807) is 0 Å². The SMILES string of the molecule is Nc1cc(F)cc(C(=O)NC(C2CC2)C2CC2)c1. The lowest BCUT2D eigenvalue weighted by molar-refractivity contribution is 0.0926. The summed E-state index contributed by atoms with van der Waals surface area (Å²) >= 11 is 0. The standard InChI is InChI=1S/C14H17FN2O/c15-11-5-10(6-12(16)7-11)14(18)17-13(8-1-2-8)9-3-4-9/h5-9,13H,1-4,16H2,(H,17,18). The van der Waals surface area contributed by atoms with E-state index in [4.69, 9.17) is 5.73 Å². The Hall–Kier alpha value is -1.58. The predicted molar refractivity (Wildman–Crippen MR) is 67.5 cm³/mol. The Kier molecular flexibility index (Phi) is 2.73. The summed E-state index contributed by atoms with van der Waals surface area (Å²) in [5.74, 6) is 0.597. The predicted octanol–water partition coefficient (Wildman–Crippen LogP) is 2.33. The number of carbonyl (C=O) groups is 1. The van der Waals surface area contributed by atoms with Crippen molar-refractivity contribution < 1.29 is 9.18 Å². The normalized spacial score (nSPS) is 19.0. The molecule has 0 aromatic heterocycles. The van der Waals surface area contributed by atoms with Crippen molar-refractivity contribution in [2.24, 2.45) is 11.8 Å². The Morgan fingerprint density at radius 3 is 2.33 bits per heavy atom. The fraction of sp³-hybridized carbons (Fsp3) is 0.500. The number of halogens is 1. The monoisotopic (exact) mass is 248 g/mol. The van der Waals surface area contributed by atoms with Crippen LogP contribution >= 0.6 is 0 Å². The van der Waals surface area contributed by atoms with Crippen molar-refractivity contribution in [3.8, 4) is 0 Å². The third-order valence-electron chi connectivity index (χ3n) is 3.74. The summed E-state index contributed by atoms with van der Waals surface area (Å²) in [4.78, 5) is 12.1. The molecule has 0 atom stereocenters. The van der Waals surface area contributed by atoms with Gasteiger partial charge in [-0.15, -0.1) is 0 Å². The van der Waals surface area contributed by atoms with Crippen LogP contribution in [0.5, 0.6) is 0 Å². The van der Waals surface area contributed by atoms with Crippen LogP contribution in [0, 0.1) is 17.7 Å². The summed E-state index contributed by atoms with van der Waals surface area (Å²) in [6.07, 6.45) is 4.80. The van der Waals surface area contributed by atoms with E-state index in [0.717, 1.165) is 0 Å². The minimum atomic E-state index is -0.463. The van der Waals surface area contributed by atoms with Gasteiger partial charge in [0.15, 0.2) is 0 Å². The second kappa shape index (κ2) is 4.26. The number of nitrogen functional groups attached to an aromatic ring is 1. The highest BCUT2D eigenvalue weighted by molar-refractivity contribution is 5.95. The third-order valence-corrected chi connectivity index (χ3v) is 3.74. The highest BCUT2D eigenvalue weighted by atomic mass is 19.1. The molecule has 0 radical (unpaired) electrons. The van der Waals surface area contributed by atoms with Crippen LogP contribution in [0.3, 0.4) is 0 Å². The average molecular weight is 248 g/mol. The molecule has 1 aromatic carbocycles. The van der Waals surface area contributed by atoms with E-state index in [1.165, 1.54) is 43.9 Å². The second-order valence-corrected chi connectivity index (χ2v) is 5.45. The lowest BCUT2D eigenvalue weighted by Crippen LogP contribution is -2.38. The Morgan fingerprint density at radius 1 is 1.22 bits per heavy atom. The van der Waals surface area contributed by atoms with Crippen molar-refractivity contribution in [1.29, 1.82) is 0 Å². The Labute approximate surface area is 106 Å². The average Bonchev–Trinajstić information content (AvgIpc) is 3.14. The zero-order valence-corrected chi connectivity index (χ0v) is 10.2. The van der Waals surface area contributed by atoms with Crippen molar-refractivity contribution in [3.05, 3.63) is 29.6 Å². The molecule has 2 aliphatic rings. The molecule has 1 amide bonds. The first kappa shape index (κ1) is 11.5. The van der Waals surface area contributed by atoms with Crippen molar-refractivity contribution in [2.75, 3.05) is 5.73 Å². The van der Waals surface area contributed by atoms with Gasteiger partial charge in [-0.3, -0.25) is 4.79 Å². The van der Waals surface area contributed by atoms with Gasteiger partial charge >= 0.3 is 0 Å². The lowest BCUT2D eigenvalue weighted by Gasteiger charge is -2.17. The minimum absolute atomic E-state index is 0.204. The summed E-state index contributed by atoms with van der Waals surface area (Å²) in [5, 5.41) is 3.05. The fourth-order valence-electron chi connectivity index (χ4n) is 2.51. The number of nitrogens with one attached hydrogen (secondary N) is 1. The van der Waals surface area contributed by atoms with Crippen molar-refractivity contribution in [3.63, 3.8) is 0 Å². The van der Waals surface area contributed by atoms with E-state index >= 15 is 0 Å². The van der Waals surface area contributed by atoms with Gasteiger partial charge in [-0.1, -0.05) is 0 Å². The topological polar surface area (TPSA) is 55.1 Å². The van der Waals surface area contributed by atoms with Crippen molar-refractivity contribution in [2.45, 2.75) is 31.7 Å². The van der Waals surface area contributed by atoms with Crippen LogP contribution in [-0.2, 0) is 0 Å². The number of carbonyl (C=O) groups excluding carboxylic acids is 1. The van der Waals surface area contributed by atoms with E-state index in [2.05, 4.69) is 5.32 Å². The number of rotatable bonds is 4. The van der Waals surface area contributed by atoms with E-state index in [-0.39, 0.29) is 17.6 Å². The molecule has 2 fully saturated rings. The molecule has 18 heavy (non-hydrogen) atoms. The lowest BCUT2D eigenvalue weighted by atomic mass is 10.1. The number of nitrogens with two attached hydrogens (primary N) is 1. The van der Waals surface area contributed by atoms with Gasteiger partial charge in [0.2, 0.25) is 0 Å². The second-order valence-electron chi connectivity index (χ2n) is 5.45. The summed E-state index contributed by atoms with van der Waals surface area (Å²) < 4.78 is 13.2. The number of hydrogen-bond acceptors (Lipinski definition) is 2. The number of benzene rings is 1. The number of amides is 1. The molecule has 2 aliphatic carbocycles. The van der Waals surface area contributed by atoms with Gasteiger partial charge in [0.05, 0.1) is 0 Å². The molecular formula is C14H17FN2O. The van der Waals surface area contributed by atoms with E-state index < -0.39 is 5.82 Å². The quantitative estimate of drug-likeness (QED) is 0.803. The summed E-state index contributed by atoms with van der Waals surface area (Å²) in [7, 11) is 0. The molecule has 3 N–H and O–H groups in total. The van der Waals surface area contributed by atoms with Gasteiger partial charge in [0, 0.05) is 17.3 Å². The molecule has 0 spiro atoms. The Morgan fingerprint density at radius 2 is 1.83 bits per heavy atom. The maximum Gasteiger partial charge on any atom is 0.251 e. The minimum Gasteiger partial charge on any atom is -0.399 e. The van der Waals surface area contributed by atoms with E-state index in [0.29, 0.717) is 17.4 Å². The first-order chi connectivity index (χ1) is 8.63. The van der Waals surface area contributed by atoms with Gasteiger partial charge in [0.25, 0.3) is 5.91 Å². The third kappa shape index (κ3) is 2.47. The summed E-state index contributed by atoms with van der Waals surface area (Å²) in [5.41, 5.74) is 6.16. The van der Waals surface area contributed by atoms with Gasteiger partial charge in [-0.25, -0.2) is 4.39 Å². The van der Waals surface area contributed by atoms with Crippen LogP contribution in [-0.4, -0.2) is 11.9 Å². The van der Waals surface area contributed by atoms with E-state index in [9.17, 15) is 9.18 Å². The van der Waals surface area contributed by atoms with Crippen LogP contribution < -0.4 is 11.1 Å². The first-order valence-electron chi connectivity index (χ1n) is 6.50. The van der Waals surface area contributed by atoms with Crippen molar-refractivity contribution >= 4 is 11.6 Å². The van der Waals surface area contributed by atoms with Crippen LogP contribution in [0.15, 0.2) is 18.2 Å². The molecule has 3 rings (SSSR count). The number of hydrogen-bond donors (Lipinski definition) is 2. The van der Waals surface area contributed by atoms with Crippen LogP contribution in [0.1, 0.15) is 36.0 Å². The maximum atomic E-state index is 13.2. The number of anilines is 1. The molecule has 96 valence electrons. The van der Waals surface area contributed by atoms with Crippen LogP contribution in [0.4, 0.5) is 10.1 Å². The summed E-state index contributed by atoms with van der Waals surface area (Å²) in [6.45, 7) is 0. The van der Waals surface area contributed by atoms with Crippen molar-refractivity contribution in [1.82, 2.24) is 5.32 Å². The molecule has 3 nitrogen and oxygen atoms in total. The molecule has 1 aromatic rings. The van der Waals surface area contributed by atoms with Gasteiger partial charge in [0.1, 0.15) is 5.82 Å². The Balaban J connectivity index is 1.72. The molecular weight excluding hydrogens is 231 g/mol. The van der Waals surface area contributed by atoms with Gasteiger partial charge < -0.3 is 11.1 Å². The fourth-order valence-corrected chi connectivity index (χ4v) is 2.51. The molecule has 0 aliphatic heterocycles. The molecule has 0 heterocycles. The molecule has 4 heteroatoms. The molecule has 0 bridgehead atoms. The Bertz CT molecular complexity index is 448. The zero-order chi connectivity index (χ0) is 12.7. The largest absolute Gasteiger partial charge is 0.399 e. The molecule has 0 saturated heterocycles. The van der Waals surface area contributed by atoms with Gasteiger partial charge in [-0.2, -0.15) is 0 Å². The van der Waals surface area contributed by atoms with Gasteiger partial charge in [-0.05, 0) is 55.7 Å². The van der Waals surface area contributed by atoms with Crippen LogP contribution in [0.25, 0.3) is 0 Å². The summed E-state index contributed by atoms with van der Waals surface area (Å²) in [6, 6.07) is 4.26. The molecule has 0 unspecified atom stereocenters.